The van der Waals surface area contributed by atoms with Crippen LogP contribution in [0.5, 0.6) is 0 Å². The Morgan fingerprint density at radius 1 is 1.06 bits per heavy atom. The highest BCUT2D eigenvalue weighted by Gasteiger charge is 2.15. The lowest BCUT2D eigenvalue weighted by molar-refractivity contribution is 0.178. The smallest absolute Gasteiger partial charge is 0.252 e. The number of hydrogen-bond acceptors (Lipinski definition) is 6. The first-order valence-corrected chi connectivity index (χ1v) is 11.3. The van der Waals surface area contributed by atoms with Crippen molar-refractivity contribution in [3.05, 3.63) is 87.5 Å². The van der Waals surface area contributed by atoms with Gasteiger partial charge in [-0.1, -0.05) is 43.3 Å². The maximum absolute atomic E-state index is 12.9. The largest absolute Gasteiger partial charge is 0.383 e. The van der Waals surface area contributed by atoms with Crippen molar-refractivity contribution in [3.8, 4) is 0 Å². The fraction of sp³-hybridized carbons (Fsp3) is 0.360. The zero-order valence-corrected chi connectivity index (χ0v) is 19.2. The van der Waals surface area contributed by atoms with Gasteiger partial charge in [-0.15, -0.1) is 5.10 Å². The van der Waals surface area contributed by atoms with Gasteiger partial charge in [0.25, 0.3) is 5.56 Å². The van der Waals surface area contributed by atoms with Crippen LogP contribution < -0.4 is 5.56 Å². The van der Waals surface area contributed by atoms with E-state index in [2.05, 4.69) is 56.6 Å². The first-order valence-electron chi connectivity index (χ1n) is 11.3. The van der Waals surface area contributed by atoms with E-state index in [1.54, 1.807) is 11.8 Å². The van der Waals surface area contributed by atoms with Gasteiger partial charge in [0.2, 0.25) is 0 Å². The molecule has 172 valence electrons. The van der Waals surface area contributed by atoms with Crippen molar-refractivity contribution in [1.29, 1.82) is 0 Å². The quantitative estimate of drug-likeness (QED) is 0.381. The Kier molecular flexibility index (Phi) is 7.59. The number of fused-ring (bicyclic) bond motifs is 1. The second-order valence-electron chi connectivity index (χ2n) is 8.16. The molecule has 0 saturated carbocycles. The molecule has 2 heterocycles. The minimum atomic E-state index is -0.0598. The van der Waals surface area contributed by atoms with Gasteiger partial charge in [0, 0.05) is 31.3 Å². The number of nitrogens with zero attached hydrogens (tertiary/aromatic N) is 5. The van der Waals surface area contributed by atoms with Gasteiger partial charge in [-0.3, -0.25) is 9.69 Å². The van der Waals surface area contributed by atoms with Gasteiger partial charge < -0.3 is 9.72 Å². The summed E-state index contributed by atoms with van der Waals surface area (Å²) in [5.41, 5.74) is 4.04. The summed E-state index contributed by atoms with van der Waals surface area (Å²) >= 11 is 0. The monoisotopic (exact) mass is 446 g/mol. The lowest BCUT2D eigenvalue weighted by Crippen LogP contribution is -2.30. The van der Waals surface area contributed by atoms with Crippen LogP contribution in [-0.2, 0) is 37.2 Å². The normalized spacial score (nSPS) is 11.5. The maximum Gasteiger partial charge on any atom is 0.252 e. The van der Waals surface area contributed by atoms with Gasteiger partial charge in [0.05, 0.1) is 19.7 Å². The van der Waals surface area contributed by atoms with Crippen molar-refractivity contribution in [2.75, 3.05) is 20.3 Å². The Morgan fingerprint density at radius 3 is 2.70 bits per heavy atom. The van der Waals surface area contributed by atoms with E-state index < -0.39 is 0 Å². The summed E-state index contributed by atoms with van der Waals surface area (Å²) < 4.78 is 6.94. The van der Waals surface area contributed by atoms with Gasteiger partial charge in [0.15, 0.2) is 5.82 Å². The molecule has 0 spiro atoms. The summed E-state index contributed by atoms with van der Waals surface area (Å²) in [5.74, 6) is 0.755. The topological polar surface area (TPSA) is 88.9 Å². The third kappa shape index (κ3) is 5.91. The fourth-order valence-electron chi connectivity index (χ4n) is 3.91. The lowest BCUT2D eigenvalue weighted by atomic mass is 10.1. The SMILES string of the molecule is CCc1ccc2[nH]c(=O)c(CN(CCc3ccccc3)Cc3nnnn3CCOC)cc2c1. The Bertz CT molecular complexity index is 1230. The van der Waals surface area contributed by atoms with E-state index in [0.29, 0.717) is 26.2 Å². The highest BCUT2D eigenvalue weighted by Crippen LogP contribution is 2.16. The van der Waals surface area contributed by atoms with Gasteiger partial charge in [-0.25, -0.2) is 4.68 Å². The molecule has 33 heavy (non-hydrogen) atoms. The average Bonchev–Trinajstić information content (AvgIpc) is 3.28. The number of benzene rings is 2. The van der Waals surface area contributed by atoms with Gasteiger partial charge >= 0.3 is 0 Å². The summed E-state index contributed by atoms with van der Waals surface area (Å²) in [7, 11) is 1.66. The molecule has 8 heteroatoms. The molecule has 0 unspecified atom stereocenters. The first kappa shape index (κ1) is 22.8. The van der Waals surface area contributed by atoms with E-state index in [9.17, 15) is 4.79 Å². The van der Waals surface area contributed by atoms with Gasteiger partial charge in [-0.05, 0) is 58.0 Å². The van der Waals surface area contributed by atoms with Crippen molar-refractivity contribution in [2.45, 2.75) is 39.4 Å². The third-order valence-corrected chi connectivity index (χ3v) is 5.83. The molecule has 4 aromatic rings. The number of aromatic nitrogens is 5. The van der Waals surface area contributed by atoms with Crippen molar-refractivity contribution in [3.63, 3.8) is 0 Å². The maximum atomic E-state index is 12.9. The minimum Gasteiger partial charge on any atom is -0.383 e. The van der Waals surface area contributed by atoms with E-state index >= 15 is 0 Å². The van der Waals surface area contributed by atoms with Crippen LogP contribution in [0, 0.1) is 0 Å². The van der Waals surface area contributed by atoms with Gasteiger partial charge in [-0.2, -0.15) is 0 Å². The molecule has 0 bridgehead atoms. The molecule has 0 aliphatic heterocycles. The van der Waals surface area contributed by atoms with Gasteiger partial charge in [0.1, 0.15) is 0 Å². The highest BCUT2D eigenvalue weighted by atomic mass is 16.5. The Hall–Kier alpha value is -3.36. The molecule has 2 aromatic heterocycles. The number of aromatic amines is 1. The summed E-state index contributed by atoms with van der Waals surface area (Å²) in [6, 6.07) is 18.6. The van der Waals surface area contributed by atoms with E-state index in [4.69, 9.17) is 4.74 Å². The summed E-state index contributed by atoms with van der Waals surface area (Å²) in [6.07, 6.45) is 1.82. The van der Waals surface area contributed by atoms with Crippen molar-refractivity contribution in [2.24, 2.45) is 0 Å². The zero-order chi connectivity index (χ0) is 23.0. The standard InChI is InChI=1S/C25H30N6O2/c1-3-19-9-10-23-21(15-19)16-22(25(32)26-23)17-30(12-11-20-7-5-4-6-8-20)18-24-27-28-29-31(24)13-14-33-2/h4-10,15-16H,3,11-14,17-18H2,1-2H3,(H,26,32). The van der Waals surface area contributed by atoms with E-state index in [-0.39, 0.29) is 5.56 Å². The molecule has 2 aromatic carbocycles. The number of methoxy groups -OCH3 is 1. The summed E-state index contributed by atoms with van der Waals surface area (Å²) in [5, 5.41) is 13.2. The predicted molar refractivity (Wildman–Crippen MR) is 128 cm³/mol. The highest BCUT2D eigenvalue weighted by molar-refractivity contribution is 5.79. The van der Waals surface area contributed by atoms with Crippen LogP contribution >= 0.6 is 0 Å². The van der Waals surface area contributed by atoms with Crippen LogP contribution in [0.3, 0.4) is 0 Å². The number of nitrogens with one attached hydrogen (secondary N) is 1. The Morgan fingerprint density at radius 2 is 1.91 bits per heavy atom. The molecule has 0 aliphatic rings. The van der Waals surface area contributed by atoms with Crippen LogP contribution in [0.25, 0.3) is 10.9 Å². The van der Waals surface area contributed by atoms with Crippen molar-refractivity contribution < 1.29 is 4.74 Å². The van der Waals surface area contributed by atoms with Crippen LogP contribution in [0.4, 0.5) is 0 Å². The summed E-state index contributed by atoms with van der Waals surface area (Å²) in [4.78, 5) is 18.1. The number of tetrazole rings is 1. The van der Waals surface area contributed by atoms with E-state index in [1.807, 2.05) is 30.3 Å². The molecule has 0 saturated heterocycles. The van der Waals surface area contributed by atoms with Crippen LogP contribution in [0.2, 0.25) is 0 Å². The van der Waals surface area contributed by atoms with E-state index in [1.165, 1.54) is 11.1 Å². The minimum absolute atomic E-state index is 0.0598. The van der Waals surface area contributed by atoms with Crippen LogP contribution in [-0.4, -0.2) is 50.4 Å². The molecule has 0 amide bonds. The van der Waals surface area contributed by atoms with Crippen molar-refractivity contribution in [1.82, 2.24) is 30.1 Å². The first-order chi connectivity index (χ1) is 16.2. The molecule has 0 atom stereocenters. The number of aryl methyl sites for hydroxylation is 1. The zero-order valence-electron chi connectivity index (χ0n) is 19.2. The number of hydrogen-bond donors (Lipinski definition) is 1. The predicted octanol–water partition coefficient (Wildman–Crippen LogP) is 2.97. The number of H-pyrrole nitrogens is 1. The molecule has 1 N–H and O–H groups in total. The lowest BCUT2D eigenvalue weighted by Gasteiger charge is -2.22. The second kappa shape index (κ2) is 11.0. The summed E-state index contributed by atoms with van der Waals surface area (Å²) in [6.45, 7) is 5.07. The third-order valence-electron chi connectivity index (χ3n) is 5.83. The molecule has 8 nitrogen and oxygen atoms in total. The number of ether oxygens (including phenoxy) is 1. The Balaban J connectivity index is 1.59. The molecule has 0 radical (unpaired) electrons. The molecular weight excluding hydrogens is 416 g/mol. The second-order valence-corrected chi connectivity index (χ2v) is 8.16. The number of pyridine rings is 1. The Labute approximate surface area is 193 Å². The van der Waals surface area contributed by atoms with Crippen LogP contribution in [0.1, 0.15) is 29.4 Å². The molecule has 4 rings (SSSR count). The van der Waals surface area contributed by atoms with Crippen LogP contribution in [0.15, 0.2) is 59.4 Å². The molecule has 0 aliphatic carbocycles. The molecular formula is C25H30N6O2. The van der Waals surface area contributed by atoms with Crippen molar-refractivity contribution >= 4 is 10.9 Å². The van der Waals surface area contributed by atoms with E-state index in [0.717, 1.165) is 41.7 Å². The molecule has 0 fully saturated rings. The fourth-order valence-corrected chi connectivity index (χ4v) is 3.91. The number of rotatable bonds is 11. The average molecular weight is 447 g/mol.